The molecule has 138 valence electrons. The minimum atomic E-state index is -0.545. The van der Waals surface area contributed by atoms with Crippen molar-refractivity contribution >= 4 is 5.91 Å². The number of hydrogen-bond acceptors (Lipinski definition) is 3. The summed E-state index contributed by atoms with van der Waals surface area (Å²) in [4.78, 5) is 12.6. The Morgan fingerprint density at radius 1 is 0.840 bits per heavy atom. The van der Waals surface area contributed by atoms with E-state index in [-0.39, 0.29) is 18.6 Å². The molecule has 0 radical (unpaired) electrons. The molecule has 1 aliphatic carbocycles. The van der Waals surface area contributed by atoms with E-state index < -0.39 is 6.10 Å². The van der Waals surface area contributed by atoms with Crippen molar-refractivity contribution in [3.8, 4) is 11.5 Å². The van der Waals surface area contributed by atoms with E-state index in [1.807, 2.05) is 24.3 Å². The fourth-order valence-electron chi connectivity index (χ4n) is 3.75. The van der Waals surface area contributed by atoms with E-state index in [4.69, 9.17) is 9.47 Å². The van der Waals surface area contributed by atoms with Crippen LogP contribution >= 0.6 is 0 Å². The second-order valence-electron chi connectivity index (χ2n) is 7.33. The van der Waals surface area contributed by atoms with Gasteiger partial charge in [-0.2, -0.15) is 0 Å². The normalized spacial score (nSPS) is 23.1. The summed E-state index contributed by atoms with van der Waals surface area (Å²) in [6, 6.07) is 7.80. The van der Waals surface area contributed by atoms with Crippen molar-refractivity contribution in [2.24, 2.45) is 0 Å². The number of rotatable bonds is 2. The highest BCUT2D eigenvalue weighted by atomic mass is 16.6. The van der Waals surface area contributed by atoms with Crippen LogP contribution in [0.25, 0.3) is 0 Å². The molecule has 2 aliphatic rings. The summed E-state index contributed by atoms with van der Waals surface area (Å²) in [6.45, 7) is 0.287. The van der Waals surface area contributed by atoms with Crippen molar-refractivity contribution in [3.63, 3.8) is 0 Å². The summed E-state index contributed by atoms with van der Waals surface area (Å²) in [5.41, 5.74) is 0. The highest BCUT2D eigenvalue weighted by molar-refractivity contribution is 5.82. The predicted molar refractivity (Wildman–Crippen MR) is 99.1 cm³/mol. The zero-order chi connectivity index (χ0) is 17.3. The maximum absolute atomic E-state index is 12.6. The number of carbonyl (C=O) groups excluding carboxylic acids is 1. The van der Waals surface area contributed by atoms with Gasteiger partial charge in [0.25, 0.3) is 5.91 Å². The molecule has 0 saturated heterocycles. The smallest absolute Gasteiger partial charge is 0.264 e. The van der Waals surface area contributed by atoms with Crippen LogP contribution < -0.4 is 14.8 Å². The number of nitrogens with one attached hydrogen (secondary N) is 1. The molecular formula is C21H31NO3. The van der Waals surface area contributed by atoms with Gasteiger partial charge in [0, 0.05) is 6.04 Å². The third-order valence-electron chi connectivity index (χ3n) is 5.25. The SMILES string of the molecule is O=C(NC1CCCCCCCCCCC1)C1COc2ccccc2O1. The number of benzene rings is 1. The van der Waals surface area contributed by atoms with Crippen molar-refractivity contribution in [2.75, 3.05) is 6.61 Å². The van der Waals surface area contributed by atoms with E-state index in [0.717, 1.165) is 18.6 Å². The van der Waals surface area contributed by atoms with Gasteiger partial charge in [-0.1, -0.05) is 69.9 Å². The van der Waals surface area contributed by atoms with Crippen molar-refractivity contribution in [3.05, 3.63) is 24.3 Å². The van der Waals surface area contributed by atoms with Crippen LogP contribution in [-0.4, -0.2) is 24.7 Å². The molecule has 3 rings (SSSR count). The zero-order valence-corrected chi connectivity index (χ0v) is 15.2. The standard InChI is InChI=1S/C21H31NO3/c23-21(20-16-24-18-14-10-11-15-19(18)25-20)22-17-12-8-6-4-2-1-3-5-7-9-13-17/h10-11,14-15,17,20H,1-9,12-13,16H2,(H,22,23). The number of fused-ring (bicyclic) bond motifs is 1. The van der Waals surface area contributed by atoms with Crippen LogP contribution in [-0.2, 0) is 4.79 Å². The van der Waals surface area contributed by atoms with E-state index in [9.17, 15) is 4.79 Å². The van der Waals surface area contributed by atoms with Crippen LogP contribution in [0.2, 0.25) is 0 Å². The summed E-state index contributed by atoms with van der Waals surface area (Å²) >= 11 is 0. The highest BCUT2D eigenvalue weighted by Gasteiger charge is 2.28. The second-order valence-corrected chi connectivity index (χ2v) is 7.33. The molecule has 1 aromatic rings. The first-order chi connectivity index (χ1) is 12.3. The van der Waals surface area contributed by atoms with Gasteiger partial charge in [0.15, 0.2) is 11.5 Å². The summed E-state index contributed by atoms with van der Waals surface area (Å²) in [5.74, 6) is 1.34. The van der Waals surface area contributed by atoms with Gasteiger partial charge in [0.1, 0.15) is 6.61 Å². The predicted octanol–water partition coefficient (Wildman–Crippen LogP) is 4.62. The van der Waals surface area contributed by atoms with Crippen LogP contribution in [0.4, 0.5) is 0 Å². The minimum absolute atomic E-state index is 0.0356. The Morgan fingerprint density at radius 2 is 1.40 bits per heavy atom. The Labute approximate surface area is 151 Å². The van der Waals surface area contributed by atoms with Crippen LogP contribution in [0.1, 0.15) is 70.6 Å². The number of amides is 1. The molecule has 1 aromatic carbocycles. The van der Waals surface area contributed by atoms with Crippen molar-refractivity contribution in [1.82, 2.24) is 5.32 Å². The molecule has 1 unspecified atom stereocenters. The lowest BCUT2D eigenvalue weighted by molar-refractivity contribution is -0.131. The van der Waals surface area contributed by atoms with Gasteiger partial charge in [0.2, 0.25) is 6.10 Å². The van der Waals surface area contributed by atoms with Crippen LogP contribution in [0, 0.1) is 0 Å². The minimum Gasteiger partial charge on any atom is -0.485 e. The zero-order valence-electron chi connectivity index (χ0n) is 15.2. The highest BCUT2D eigenvalue weighted by Crippen LogP contribution is 2.31. The maximum atomic E-state index is 12.6. The van der Waals surface area contributed by atoms with Gasteiger partial charge < -0.3 is 14.8 Å². The topological polar surface area (TPSA) is 47.6 Å². The number of para-hydroxylation sites is 2. The Balaban J connectivity index is 1.51. The molecule has 0 spiro atoms. The van der Waals surface area contributed by atoms with Gasteiger partial charge in [-0.15, -0.1) is 0 Å². The summed E-state index contributed by atoms with van der Waals surface area (Å²) < 4.78 is 11.5. The number of ether oxygens (including phenoxy) is 2. The maximum Gasteiger partial charge on any atom is 0.264 e. The Kier molecular flexibility index (Phi) is 7.01. The quantitative estimate of drug-likeness (QED) is 0.851. The summed E-state index contributed by atoms with van der Waals surface area (Å²) in [6.07, 6.45) is 13.4. The van der Waals surface area contributed by atoms with E-state index in [1.165, 1.54) is 57.8 Å². The van der Waals surface area contributed by atoms with Gasteiger partial charge >= 0.3 is 0 Å². The monoisotopic (exact) mass is 345 g/mol. The molecule has 0 bridgehead atoms. The first kappa shape index (κ1) is 18.1. The van der Waals surface area contributed by atoms with E-state index in [1.54, 1.807) is 0 Å². The second kappa shape index (κ2) is 9.69. The van der Waals surface area contributed by atoms with E-state index >= 15 is 0 Å². The van der Waals surface area contributed by atoms with Crippen LogP contribution in [0.3, 0.4) is 0 Å². The lowest BCUT2D eigenvalue weighted by Crippen LogP contribution is -2.47. The summed E-state index contributed by atoms with van der Waals surface area (Å²) in [5, 5.41) is 3.23. The van der Waals surface area contributed by atoms with E-state index in [0.29, 0.717) is 5.75 Å². The molecule has 4 nitrogen and oxygen atoms in total. The molecule has 25 heavy (non-hydrogen) atoms. The fourth-order valence-corrected chi connectivity index (χ4v) is 3.75. The van der Waals surface area contributed by atoms with Crippen LogP contribution in [0.15, 0.2) is 24.3 Å². The first-order valence-electron chi connectivity index (χ1n) is 10.0. The molecule has 1 atom stereocenters. The summed E-state index contributed by atoms with van der Waals surface area (Å²) in [7, 11) is 0. The molecule has 1 aliphatic heterocycles. The fraction of sp³-hybridized carbons (Fsp3) is 0.667. The van der Waals surface area contributed by atoms with Crippen molar-refractivity contribution < 1.29 is 14.3 Å². The largest absolute Gasteiger partial charge is 0.485 e. The van der Waals surface area contributed by atoms with Gasteiger partial charge in [-0.3, -0.25) is 4.79 Å². The Bertz CT molecular complexity index is 534. The van der Waals surface area contributed by atoms with E-state index in [2.05, 4.69) is 5.32 Å². The average Bonchev–Trinajstić information content (AvgIpc) is 2.63. The lowest BCUT2D eigenvalue weighted by Gasteiger charge is -2.27. The van der Waals surface area contributed by atoms with Gasteiger partial charge in [-0.05, 0) is 25.0 Å². The van der Waals surface area contributed by atoms with Crippen molar-refractivity contribution in [2.45, 2.75) is 82.8 Å². The third-order valence-corrected chi connectivity index (χ3v) is 5.25. The Morgan fingerprint density at radius 3 is 2.04 bits per heavy atom. The first-order valence-corrected chi connectivity index (χ1v) is 10.0. The Hall–Kier alpha value is -1.71. The van der Waals surface area contributed by atoms with Gasteiger partial charge in [0.05, 0.1) is 0 Å². The average molecular weight is 345 g/mol. The number of hydrogen-bond donors (Lipinski definition) is 1. The lowest BCUT2D eigenvalue weighted by atomic mass is 9.98. The van der Waals surface area contributed by atoms with Gasteiger partial charge in [-0.25, -0.2) is 0 Å². The molecule has 0 aromatic heterocycles. The third kappa shape index (κ3) is 5.65. The molecule has 1 saturated carbocycles. The molecule has 1 fully saturated rings. The molecule has 1 amide bonds. The van der Waals surface area contributed by atoms with Crippen molar-refractivity contribution in [1.29, 1.82) is 0 Å². The number of carbonyl (C=O) groups is 1. The molecule has 1 heterocycles. The molecule has 4 heteroatoms. The van der Waals surface area contributed by atoms with Crippen LogP contribution in [0.5, 0.6) is 11.5 Å². The molecular weight excluding hydrogens is 314 g/mol. The molecule has 1 N–H and O–H groups in total.